The number of fused-ring (bicyclic) bond motifs is 1. The summed E-state index contributed by atoms with van der Waals surface area (Å²) < 4.78 is 51.7. The van der Waals surface area contributed by atoms with Crippen LogP contribution in [0.5, 0.6) is 0 Å². The normalized spacial score (nSPS) is 20.5. The van der Waals surface area contributed by atoms with E-state index >= 15 is 4.39 Å². The molecular formula is C25H27F3N4O2. The topological polar surface area (TPSA) is 69.0 Å². The molecule has 2 aliphatic rings. The smallest absolute Gasteiger partial charge is 0.298 e. The lowest BCUT2D eigenvalue weighted by molar-refractivity contribution is -0.122. The second-order valence-corrected chi connectivity index (χ2v) is 9.61. The van der Waals surface area contributed by atoms with Gasteiger partial charge >= 0.3 is 0 Å². The second kappa shape index (κ2) is 8.08. The predicted octanol–water partition coefficient (Wildman–Crippen LogP) is 5.19. The van der Waals surface area contributed by atoms with Crippen LogP contribution in [-0.2, 0) is 16.2 Å². The molecule has 0 bridgehead atoms. The molecular weight excluding hydrogens is 445 g/mol. The number of aryl methyl sites for hydroxylation is 1. The van der Waals surface area contributed by atoms with Gasteiger partial charge < -0.3 is 14.6 Å². The number of rotatable bonds is 6. The fraction of sp³-hybridized carbons (Fsp3) is 0.480. The molecule has 2 atom stereocenters. The van der Waals surface area contributed by atoms with Gasteiger partial charge in [0.1, 0.15) is 23.3 Å². The maximum absolute atomic E-state index is 15.0. The summed E-state index contributed by atoms with van der Waals surface area (Å²) in [5.74, 6) is -3.36. The SMILES string of the molecule is Cc1nc(NC(C)c2cccc(C(F)(F)C3CCCO3)c2)c2cn(C3(C)CC3)c(=O)c(F)c2n1. The number of nitrogens with one attached hydrogen (secondary N) is 1. The van der Waals surface area contributed by atoms with Crippen molar-refractivity contribution in [3.05, 3.63) is 63.6 Å². The Labute approximate surface area is 195 Å². The van der Waals surface area contributed by atoms with Gasteiger partial charge in [-0.05, 0) is 58.1 Å². The Bertz CT molecular complexity index is 1310. The van der Waals surface area contributed by atoms with Crippen molar-refractivity contribution < 1.29 is 17.9 Å². The molecule has 1 aliphatic carbocycles. The van der Waals surface area contributed by atoms with Crippen molar-refractivity contribution in [1.82, 2.24) is 14.5 Å². The van der Waals surface area contributed by atoms with Crippen LogP contribution in [0.4, 0.5) is 19.0 Å². The number of anilines is 1. The molecule has 34 heavy (non-hydrogen) atoms. The average Bonchev–Trinajstić information content (AvgIpc) is 3.31. The molecule has 0 spiro atoms. The molecule has 6 nitrogen and oxygen atoms in total. The van der Waals surface area contributed by atoms with E-state index < -0.39 is 35.0 Å². The van der Waals surface area contributed by atoms with Gasteiger partial charge in [0.2, 0.25) is 5.82 Å². The lowest BCUT2D eigenvalue weighted by Crippen LogP contribution is -2.30. The molecule has 9 heteroatoms. The summed E-state index contributed by atoms with van der Waals surface area (Å²) in [6.45, 7) is 5.69. The summed E-state index contributed by atoms with van der Waals surface area (Å²) in [5, 5.41) is 3.60. The van der Waals surface area contributed by atoms with E-state index in [4.69, 9.17) is 4.74 Å². The Morgan fingerprint density at radius 3 is 2.74 bits per heavy atom. The number of hydrogen-bond donors (Lipinski definition) is 1. The number of aromatic nitrogens is 3. The molecule has 0 amide bonds. The average molecular weight is 473 g/mol. The number of benzene rings is 1. The molecule has 3 heterocycles. The molecule has 3 aromatic rings. The molecule has 2 aromatic heterocycles. The summed E-state index contributed by atoms with van der Waals surface area (Å²) in [4.78, 5) is 21.2. The number of alkyl halides is 2. The van der Waals surface area contributed by atoms with E-state index in [0.29, 0.717) is 42.0 Å². The minimum Gasteiger partial charge on any atom is -0.372 e. The zero-order chi connectivity index (χ0) is 24.3. The van der Waals surface area contributed by atoms with Gasteiger partial charge in [-0.25, -0.2) is 9.97 Å². The van der Waals surface area contributed by atoms with Crippen LogP contribution in [0.3, 0.4) is 0 Å². The second-order valence-electron chi connectivity index (χ2n) is 9.61. The molecule has 0 radical (unpaired) electrons. The van der Waals surface area contributed by atoms with Gasteiger partial charge in [0.05, 0.1) is 5.39 Å². The van der Waals surface area contributed by atoms with Gasteiger partial charge in [-0.3, -0.25) is 4.79 Å². The van der Waals surface area contributed by atoms with E-state index in [1.807, 2.05) is 13.8 Å². The summed E-state index contributed by atoms with van der Waals surface area (Å²) in [7, 11) is 0. The van der Waals surface area contributed by atoms with Gasteiger partial charge in [-0.2, -0.15) is 13.2 Å². The van der Waals surface area contributed by atoms with E-state index in [1.165, 1.54) is 16.7 Å². The minimum absolute atomic E-state index is 0.0497. The number of ether oxygens (including phenoxy) is 1. The van der Waals surface area contributed by atoms with E-state index in [2.05, 4.69) is 15.3 Å². The minimum atomic E-state index is -3.09. The Morgan fingerprint density at radius 1 is 1.29 bits per heavy atom. The van der Waals surface area contributed by atoms with Crippen molar-refractivity contribution in [3.8, 4) is 0 Å². The van der Waals surface area contributed by atoms with Gasteiger partial charge in [0, 0.05) is 29.9 Å². The van der Waals surface area contributed by atoms with Crippen molar-refractivity contribution in [1.29, 1.82) is 0 Å². The zero-order valence-electron chi connectivity index (χ0n) is 19.4. The van der Waals surface area contributed by atoms with Crippen LogP contribution < -0.4 is 10.9 Å². The third-order valence-corrected chi connectivity index (χ3v) is 6.94. The molecule has 1 aromatic carbocycles. The summed E-state index contributed by atoms with van der Waals surface area (Å²) in [6.07, 6.45) is 3.00. The van der Waals surface area contributed by atoms with Gasteiger partial charge in [-0.1, -0.05) is 18.2 Å². The Hall–Kier alpha value is -2.94. The summed E-state index contributed by atoms with van der Waals surface area (Å²) in [5.41, 5.74) is -0.638. The van der Waals surface area contributed by atoms with Crippen molar-refractivity contribution >= 4 is 16.7 Å². The van der Waals surface area contributed by atoms with E-state index in [9.17, 15) is 13.6 Å². The van der Waals surface area contributed by atoms with Crippen LogP contribution in [-0.4, -0.2) is 27.2 Å². The monoisotopic (exact) mass is 472 g/mol. The maximum atomic E-state index is 15.0. The third kappa shape index (κ3) is 3.85. The van der Waals surface area contributed by atoms with Gasteiger partial charge in [0.25, 0.3) is 11.5 Å². The first-order valence-corrected chi connectivity index (χ1v) is 11.6. The van der Waals surface area contributed by atoms with Gasteiger partial charge in [-0.15, -0.1) is 0 Å². The predicted molar refractivity (Wildman–Crippen MR) is 123 cm³/mol. The lowest BCUT2D eigenvalue weighted by atomic mass is 9.97. The van der Waals surface area contributed by atoms with Crippen molar-refractivity contribution in [3.63, 3.8) is 0 Å². The quantitative estimate of drug-likeness (QED) is 0.535. The van der Waals surface area contributed by atoms with Crippen molar-refractivity contribution in [2.75, 3.05) is 11.9 Å². The van der Waals surface area contributed by atoms with Crippen molar-refractivity contribution in [2.45, 2.75) is 70.1 Å². The van der Waals surface area contributed by atoms with E-state index in [1.54, 1.807) is 25.3 Å². The van der Waals surface area contributed by atoms with Gasteiger partial charge in [0.15, 0.2) is 0 Å². The standard InChI is InChI=1S/C25H27F3N4O2/c1-14(16-6-4-7-17(12-16)25(27,28)19-8-5-11-34-19)29-22-18-13-32(24(3)9-10-24)23(33)20(26)21(18)30-15(2)31-22/h4,6-7,12-14,19H,5,8-11H2,1-3H3,(H,29,30,31). The van der Waals surface area contributed by atoms with Crippen LogP contribution in [0.25, 0.3) is 10.9 Å². The highest BCUT2D eigenvalue weighted by Gasteiger charge is 2.44. The van der Waals surface area contributed by atoms with Crippen LogP contribution in [0.1, 0.15) is 62.5 Å². The molecule has 2 fully saturated rings. The number of halogens is 3. The Balaban J connectivity index is 1.51. The number of hydrogen-bond acceptors (Lipinski definition) is 5. The first-order chi connectivity index (χ1) is 16.1. The first kappa shape index (κ1) is 22.8. The molecule has 5 rings (SSSR count). The summed E-state index contributed by atoms with van der Waals surface area (Å²) >= 11 is 0. The highest BCUT2D eigenvalue weighted by atomic mass is 19.3. The zero-order valence-corrected chi connectivity index (χ0v) is 19.4. The lowest BCUT2D eigenvalue weighted by Gasteiger charge is -2.24. The molecule has 1 N–H and O–H groups in total. The largest absolute Gasteiger partial charge is 0.372 e. The Kier molecular flexibility index (Phi) is 5.42. The van der Waals surface area contributed by atoms with Crippen LogP contribution in [0.2, 0.25) is 0 Å². The Morgan fingerprint density at radius 2 is 2.06 bits per heavy atom. The molecule has 1 aliphatic heterocycles. The van der Waals surface area contributed by atoms with Crippen LogP contribution in [0, 0.1) is 12.7 Å². The molecule has 1 saturated heterocycles. The van der Waals surface area contributed by atoms with E-state index in [0.717, 1.165) is 12.8 Å². The van der Waals surface area contributed by atoms with Crippen LogP contribution >= 0.6 is 0 Å². The fourth-order valence-electron chi connectivity index (χ4n) is 4.55. The third-order valence-electron chi connectivity index (χ3n) is 6.94. The van der Waals surface area contributed by atoms with Crippen molar-refractivity contribution in [2.24, 2.45) is 0 Å². The molecule has 180 valence electrons. The number of pyridine rings is 1. The first-order valence-electron chi connectivity index (χ1n) is 11.6. The highest BCUT2D eigenvalue weighted by molar-refractivity contribution is 5.89. The highest BCUT2D eigenvalue weighted by Crippen LogP contribution is 2.43. The molecule has 2 unspecified atom stereocenters. The number of nitrogens with zero attached hydrogens (tertiary/aromatic N) is 3. The molecule has 1 saturated carbocycles. The van der Waals surface area contributed by atoms with Crippen LogP contribution in [0.15, 0.2) is 35.3 Å². The summed E-state index contributed by atoms with van der Waals surface area (Å²) in [6, 6.07) is 5.81. The maximum Gasteiger partial charge on any atom is 0.298 e. The fourth-order valence-corrected chi connectivity index (χ4v) is 4.55. The van der Waals surface area contributed by atoms with E-state index in [-0.39, 0.29) is 11.1 Å².